The van der Waals surface area contributed by atoms with Crippen LogP contribution in [-0.2, 0) is 6.54 Å². The topological polar surface area (TPSA) is 45.6 Å². The van der Waals surface area contributed by atoms with Crippen molar-refractivity contribution in [3.8, 4) is 16.3 Å². The van der Waals surface area contributed by atoms with Crippen molar-refractivity contribution in [1.82, 2.24) is 9.88 Å². The number of likely N-dealkylation sites (tertiary alicyclic amines) is 1. The summed E-state index contributed by atoms with van der Waals surface area (Å²) < 4.78 is 5.26. The third kappa shape index (κ3) is 3.43. The van der Waals surface area contributed by atoms with Gasteiger partial charge in [-0.2, -0.15) is 0 Å². The average Bonchev–Trinajstić information content (AvgIpc) is 3.17. The molecular formula is C16H20N2O2S. The minimum Gasteiger partial charge on any atom is -0.497 e. The molecule has 1 unspecified atom stereocenters. The summed E-state index contributed by atoms with van der Waals surface area (Å²) in [7, 11) is 1.68. The number of hydrogen-bond donors (Lipinski definition) is 1. The highest BCUT2D eigenvalue weighted by molar-refractivity contribution is 7.13. The fraction of sp³-hybridized carbons (Fsp3) is 0.438. The normalized spacial score (nSPS) is 19.0. The Balaban J connectivity index is 1.68. The smallest absolute Gasteiger partial charge is 0.123 e. The lowest BCUT2D eigenvalue weighted by molar-refractivity contribution is 0.219. The van der Waals surface area contributed by atoms with E-state index < -0.39 is 0 Å². The average molecular weight is 304 g/mol. The van der Waals surface area contributed by atoms with Crippen molar-refractivity contribution < 1.29 is 9.84 Å². The molecule has 1 saturated heterocycles. The lowest BCUT2D eigenvalue weighted by atomic mass is 10.1. The zero-order chi connectivity index (χ0) is 14.7. The summed E-state index contributed by atoms with van der Waals surface area (Å²) in [5.41, 5.74) is 2.21. The number of aliphatic hydroxyl groups excluding tert-OH is 1. The van der Waals surface area contributed by atoms with E-state index in [1.165, 1.54) is 0 Å². The predicted molar refractivity (Wildman–Crippen MR) is 84.6 cm³/mol. The number of ether oxygens (including phenoxy) is 1. The highest BCUT2D eigenvalue weighted by atomic mass is 32.1. The Bertz CT molecular complexity index is 599. The summed E-state index contributed by atoms with van der Waals surface area (Å²) in [4.78, 5) is 7.10. The number of methoxy groups -OCH3 is 1. The molecule has 3 rings (SSSR count). The largest absolute Gasteiger partial charge is 0.497 e. The summed E-state index contributed by atoms with van der Waals surface area (Å²) in [6.07, 6.45) is 1.09. The molecule has 112 valence electrons. The second-order valence-corrected chi connectivity index (χ2v) is 6.31. The van der Waals surface area contributed by atoms with Gasteiger partial charge in [0.25, 0.3) is 0 Å². The third-order valence-electron chi connectivity index (χ3n) is 3.88. The molecule has 0 spiro atoms. The number of rotatable bonds is 5. The van der Waals surface area contributed by atoms with Crippen LogP contribution in [0.3, 0.4) is 0 Å². The Labute approximate surface area is 129 Å². The van der Waals surface area contributed by atoms with Crippen LogP contribution in [0.2, 0.25) is 0 Å². The highest BCUT2D eigenvalue weighted by Crippen LogP contribution is 2.28. The quantitative estimate of drug-likeness (QED) is 0.922. The van der Waals surface area contributed by atoms with Crippen LogP contribution in [0.1, 0.15) is 12.1 Å². The zero-order valence-corrected chi connectivity index (χ0v) is 13.0. The molecule has 21 heavy (non-hydrogen) atoms. The van der Waals surface area contributed by atoms with Gasteiger partial charge in [-0.05, 0) is 31.0 Å². The van der Waals surface area contributed by atoms with Crippen LogP contribution in [0, 0.1) is 5.92 Å². The first-order chi connectivity index (χ1) is 10.3. The lowest BCUT2D eigenvalue weighted by Crippen LogP contribution is -2.21. The molecule has 0 radical (unpaired) electrons. The third-order valence-corrected chi connectivity index (χ3v) is 4.82. The van der Waals surface area contributed by atoms with E-state index in [2.05, 4.69) is 16.3 Å². The van der Waals surface area contributed by atoms with Gasteiger partial charge in [0.15, 0.2) is 0 Å². The van der Waals surface area contributed by atoms with E-state index in [1.54, 1.807) is 18.4 Å². The van der Waals surface area contributed by atoms with Crippen LogP contribution in [-0.4, -0.2) is 41.8 Å². The molecule has 2 heterocycles. The van der Waals surface area contributed by atoms with E-state index in [-0.39, 0.29) is 0 Å². The lowest BCUT2D eigenvalue weighted by Gasteiger charge is -2.13. The van der Waals surface area contributed by atoms with Gasteiger partial charge in [0, 0.05) is 30.6 Å². The molecule has 0 aliphatic carbocycles. The number of thiazole rings is 1. The summed E-state index contributed by atoms with van der Waals surface area (Å²) >= 11 is 1.67. The van der Waals surface area contributed by atoms with Crippen LogP contribution in [0.15, 0.2) is 29.6 Å². The van der Waals surface area contributed by atoms with Crippen molar-refractivity contribution in [1.29, 1.82) is 0 Å². The van der Waals surface area contributed by atoms with E-state index in [9.17, 15) is 5.11 Å². The maximum Gasteiger partial charge on any atom is 0.123 e. The Kier molecular flexibility index (Phi) is 4.53. The minimum atomic E-state index is 0.294. The standard InChI is InChI=1S/C16H20N2O2S/c1-20-15-4-2-3-13(7-15)16-17-14(11-21-16)9-18-6-5-12(8-18)10-19/h2-4,7,11-12,19H,5-6,8-10H2,1H3. The van der Waals surface area contributed by atoms with Crippen LogP contribution in [0.4, 0.5) is 0 Å². The second-order valence-electron chi connectivity index (χ2n) is 5.45. The van der Waals surface area contributed by atoms with Gasteiger partial charge >= 0.3 is 0 Å². The Morgan fingerprint density at radius 2 is 2.38 bits per heavy atom. The molecule has 1 fully saturated rings. The molecule has 0 amide bonds. The summed E-state index contributed by atoms with van der Waals surface area (Å²) in [6.45, 7) is 3.19. The van der Waals surface area contributed by atoms with Crippen molar-refractivity contribution in [2.45, 2.75) is 13.0 Å². The van der Waals surface area contributed by atoms with Gasteiger partial charge in [0.05, 0.1) is 12.8 Å². The monoisotopic (exact) mass is 304 g/mol. The van der Waals surface area contributed by atoms with Gasteiger partial charge < -0.3 is 9.84 Å². The number of aromatic nitrogens is 1. The maximum atomic E-state index is 9.20. The molecule has 1 aromatic carbocycles. The summed E-state index contributed by atoms with van der Waals surface area (Å²) in [6, 6.07) is 8.00. The highest BCUT2D eigenvalue weighted by Gasteiger charge is 2.22. The number of aliphatic hydroxyl groups is 1. The van der Waals surface area contributed by atoms with E-state index in [0.29, 0.717) is 12.5 Å². The predicted octanol–water partition coefficient (Wildman–Crippen LogP) is 2.63. The van der Waals surface area contributed by atoms with Crippen molar-refractivity contribution in [2.75, 3.05) is 26.8 Å². The number of hydrogen-bond acceptors (Lipinski definition) is 5. The van der Waals surface area contributed by atoms with Crippen molar-refractivity contribution in [2.24, 2.45) is 5.92 Å². The fourth-order valence-corrected chi connectivity index (χ4v) is 3.51. The SMILES string of the molecule is COc1cccc(-c2nc(CN3CCC(CO)C3)cs2)c1. The van der Waals surface area contributed by atoms with E-state index in [4.69, 9.17) is 9.72 Å². The fourth-order valence-electron chi connectivity index (χ4n) is 2.70. The van der Waals surface area contributed by atoms with Crippen molar-refractivity contribution >= 4 is 11.3 Å². The first-order valence-corrected chi connectivity index (χ1v) is 8.08. The molecule has 1 aliphatic heterocycles. The Hall–Kier alpha value is -1.43. The Morgan fingerprint density at radius 1 is 1.48 bits per heavy atom. The molecular weight excluding hydrogens is 284 g/mol. The molecule has 1 N–H and O–H groups in total. The van der Waals surface area contributed by atoms with Crippen LogP contribution in [0.25, 0.3) is 10.6 Å². The molecule has 1 aliphatic rings. The molecule has 0 bridgehead atoms. The van der Waals surface area contributed by atoms with Gasteiger partial charge in [-0.25, -0.2) is 4.98 Å². The van der Waals surface area contributed by atoms with E-state index in [1.807, 2.05) is 18.2 Å². The zero-order valence-electron chi connectivity index (χ0n) is 12.2. The van der Waals surface area contributed by atoms with E-state index in [0.717, 1.165) is 48.1 Å². The second kappa shape index (κ2) is 6.56. The molecule has 0 saturated carbocycles. The molecule has 5 heteroatoms. The minimum absolute atomic E-state index is 0.294. The maximum absolute atomic E-state index is 9.20. The molecule has 4 nitrogen and oxygen atoms in total. The van der Waals surface area contributed by atoms with Gasteiger partial charge in [0.1, 0.15) is 10.8 Å². The summed E-state index contributed by atoms with van der Waals surface area (Å²) in [5, 5.41) is 12.4. The van der Waals surface area contributed by atoms with Crippen molar-refractivity contribution in [3.05, 3.63) is 35.3 Å². The van der Waals surface area contributed by atoms with Gasteiger partial charge in [0.2, 0.25) is 0 Å². The van der Waals surface area contributed by atoms with E-state index >= 15 is 0 Å². The first kappa shape index (κ1) is 14.5. The Morgan fingerprint density at radius 3 is 3.14 bits per heavy atom. The molecule has 1 aromatic heterocycles. The first-order valence-electron chi connectivity index (χ1n) is 7.20. The van der Waals surface area contributed by atoms with Gasteiger partial charge in [-0.1, -0.05) is 12.1 Å². The van der Waals surface area contributed by atoms with Crippen LogP contribution < -0.4 is 4.74 Å². The molecule has 1 atom stereocenters. The molecule has 2 aromatic rings. The van der Waals surface area contributed by atoms with Gasteiger partial charge in [-0.15, -0.1) is 11.3 Å². The van der Waals surface area contributed by atoms with Gasteiger partial charge in [-0.3, -0.25) is 4.90 Å². The number of nitrogens with zero attached hydrogens (tertiary/aromatic N) is 2. The van der Waals surface area contributed by atoms with Crippen LogP contribution in [0.5, 0.6) is 5.75 Å². The van der Waals surface area contributed by atoms with Crippen LogP contribution >= 0.6 is 11.3 Å². The van der Waals surface area contributed by atoms with Crippen molar-refractivity contribution in [3.63, 3.8) is 0 Å². The number of benzene rings is 1. The summed E-state index contributed by atoms with van der Waals surface area (Å²) in [5.74, 6) is 1.29.